The third-order valence-electron chi connectivity index (χ3n) is 4.54. The summed E-state index contributed by atoms with van der Waals surface area (Å²) in [4.78, 5) is 11.7. The Morgan fingerprint density at radius 3 is 1.96 bits per heavy atom. The highest BCUT2D eigenvalue weighted by Crippen LogP contribution is 2.28. The van der Waals surface area contributed by atoms with E-state index in [1.165, 1.54) is 0 Å². The molecule has 0 radical (unpaired) electrons. The van der Waals surface area contributed by atoms with Crippen LogP contribution in [0.15, 0.2) is 79.9 Å². The van der Waals surface area contributed by atoms with Gasteiger partial charge in [-0.15, -0.1) is 0 Å². The molecule has 1 N–H and O–H groups in total. The number of carboxylic acids is 1. The molecule has 28 heavy (non-hydrogen) atoms. The molecule has 3 heteroatoms. The van der Waals surface area contributed by atoms with Crippen LogP contribution in [0.2, 0.25) is 0 Å². The maximum Gasteiger partial charge on any atom is 0.339 e. The molecule has 3 nitrogen and oxygen atoms in total. The fourth-order valence-electron chi connectivity index (χ4n) is 2.96. The monoisotopic (exact) mass is 370 g/mol. The Bertz CT molecular complexity index is 983. The van der Waals surface area contributed by atoms with Gasteiger partial charge in [-0.1, -0.05) is 86.0 Å². The Morgan fingerprint density at radius 2 is 1.43 bits per heavy atom. The molecule has 0 saturated heterocycles. The normalized spacial score (nSPS) is 10.3. The maximum atomic E-state index is 11.7. The van der Waals surface area contributed by atoms with Crippen LogP contribution < -0.4 is 4.74 Å². The standard InChI is InChI=1S/C25H22O3/c1-3-18-8-12-20(13-9-18)16-22-6-5-7-23(25(26)27)24(22)28-17-21-14-10-19(4-2)11-15-21/h3-15H,1-2,16-17H2,(H,26,27). The van der Waals surface area contributed by atoms with Crippen molar-refractivity contribution in [3.8, 4) is 5.75 Å². The first-order valence-corrected chi connectivity index (χ1v) is 9.01. The van der Waals surface area contributed by atoms with E-state index in [9.17, 15) is 9.90 Å². The molecule has 3 aromatic rings. The quantitative estimate of drug-likeness (QED) is 0.542. The second-order valence-corrected chi connectivity index (χ2v) is 6.46. The summed E-state index contributed by atoms with van der Waals surface area (Å²) < 4.78 is 5.98. The van der Waals surface area contributed by atoms with E-state index in [1.807, 2.05) is 54.6 Å². The number of para-hydroxylation sites is 1. The summed E-state index contributed by atoms with van der Waals surface area (Å²) in [6.45, 7) is 7.80. The lowest BCUT2D eigenvalue weighted by atomic mass is 10.00. The van der Waals surface area contributed by atoms with Gasteiger partial charge in [0.25, 0.3) is 0 Å². The van der Waals surface area contributed by atoms with Crippen LogP contribution in [-0.2, 0) is 13.0 Å². The Morgan fingerprint density at radius 1 is 0.857 bits per heavy atom. The van der Waals surface area contributed by atoms with Gasteiger partial charge in [0.05, 0.1) is 0 Å². The Balaban J connectivity index is 1.86. The van der Waals surface area contributed by atoms with Crippen LogP contribution in [0.25, 0.3) is 12.2 Å². The SMILES string of the molecule is C=Cc1ccc(COc2c(Cc3ccc(C=C)cc3)cccc2C(=O)O)cc1. The van der Waals surface area contributed by atoms with Crippen molar-refractivity contribution in [2.75, 3.05) is 0 Å². The van der Waals surface area contributed by atoms with E-state index in [4.69, 9.17) is 4.74 Å². The Hall–Kier alpha value is -3.59. The van der Waals surface area contributed by atoms with E-state index in [1.54, 1.807) is 24.3 Å². The number of rotatable bonds is 8. The van der Waals surface area contributed by atoms with Gasteiger partial charge in [0, 0.05) is 6.42 Å². The first kappa shape index (κ1) is 19.2. The number of carboxylic acid groups (broad SMARTS) is 1. The van der Waals surface area contributed by atoms with Crippen molar-refractivity contribution in [3.05, 3.63) is 113 Å². The third-order valence-corrected chi connectivity index (χ3v) is 4.54. The molecule has 0 bridgehead atoms. The Labute approximate surface area is 165 Å². The lowest BCUT2D eigenvalue weighted by Crippen LogP contribution is -2.06. The lowest BCUT2D eigenvalue weighted by molar-refractivity contribution is 0.0691. The summed E-state index contributed by atoms with van der Waals surface area (Å²) in [7, 11) is 0. The molecule has 0 aliphatic carbocycles. The zero-order chi connectivity index (χ0) is 19.9. The molecule has 0 aliphatic heterocycles. The number of carbonyl (C=O) groups is 1. The van der Waals surface area contributed by atoms with Crippen LogP contribution >= 0.6 is 0 Å². The van der Waals surface area contributed by atoms with Gasteiger partial charge in [-0.25, -0.2) is 4.79 Å². The van der Waals surface area contributed by atoms with Gasteiger partial charge in [-0.2, -0.15) is 0 Å². The largest absolute Gasteiger partial charge is 0.488 e. The minimum atomic E-state index is -0.999. The number of benzene rings is 3. The van der Waals surface area contributed by atoms with Crippen LogP contribution in [-0.4, -0.2) is 11.1 Å². The molecule has 0 heterocycles. The summed E-state index contributed by atoms with van der Waals surface area (Å²) in [5.74, 6) is -0.587. The number of hydrogen-bond donors (Lipinski definition) is 1. The van der Waals surface area contributed by atoms with E-state index >= 15 is 0 Å². The summed E-state index contributed by atoms with van der Waals surface area (Å²) in [5, 5.41) is 9.59. The zero-order valence-corrected chi connectivity index (χ0v) is 15.6. The van der Waals surface area contributed by atoms with E-state index in [0.717, 1.165) is 27.8 Å². The molecular weight excluding hydrogens is 348 g/mol. The highest BCUT2D eigenvalue weighted by atomic mass is 16.5. The van der Waals surface area contributed by atoms with Crippen molar-refractivity contribution in [3.63, 3.8) is 0 Å². The first-order valence-electron chi connectivity index (χ1n) is 9.01. The van der Waals surface area contributed by atoms with Crippen molar-refractivity contribution < 1.29 is 14.6 Å². The molecule has 0 unspecified atom stereocenters. The van der Waals surface area contributed by atoms with Crippen LogP contribution in [0.4, 0.5) is 0 Å². The van der Waals surface area contributed by atoms with Crippen molar-refractivity contribution >= 4 is 18.1 Å². The van der Waals surface area contributed by atoms with Crippen molar-refractivity contribution in [2.45, 2.75) is 13.0 Å². The zero-order valence-electron chi connectivity index (χ0n) is 15.6. The lowest BCUT2D eigenvalue weighted by Gasteiger charge is -2.15. The second kappa shape index (κ2) is 8.87. The predicted octanol–water partition coefficient (Wildman–Crippen LogP) is 5.84. The third kappa shape index (κ3) is 4.57. The fraction of sp³-hybridized carbons (Fsp3) is 0.0800. The number of hydrogen-bond acceptors (Lipinski definition) is 2. The molecule has 0 atom stereocenters. The molecule has 0 aliphatic rings. The van der Waals surface area contributed by atoms with E-state index in [0.29, 0.717) is 18.8 Å². The van der Waals surface area contributed by atoms with Gasteiger partial charge in [-0.3, -0.25) is 0 Å². The summed E-state index contributed by atoms with van der Waals surface area (Å²) >= 11 is 0. The van der Waals surface area contributed by atoms with Gasteiger partial charge in [-0.05, 0) is 33.9 Å². The maximum absolute atomic E-state index is 11.7. The van der Waals surface area contributed by atoms with E-state index in [2.05, 4.69) is 13.2 Å². The molecule has 0 fully saturated rings. The van der Waals surface area contributed by atoms with Crippen LogP contribution in [0.3, 0.4) is 0 Å². The van der Waals surface area contributed by atoms with Gasteiger partial charge in [0.1, 0.15) is 17.9 Å². The van der Waals surface area contributed by atoms with Crippen molar-refractivity contribution in [1.29, 1.82) is 0 Å². The second-order valence-electron chi connectivity index (χ2n) is 6.46. The first-order chi connectivity index (χ1) is 13.6. The average Bonchev–Trinajstić information content (AvgIpc) is 2.73. The van der Waals surface area contributed by atoms with Gasteiger partial charge >= 0.3 is 5.97 Å². The Kier molecular flexibility index (Phi) is 6.07. The van der Waals surface area contributed by atoms with Gasteiger partial charge in [0.15, 0.2) is 0 Å². The fourth-order valence-corrected chi connectivity index (χ4v) is 2.96. The molecular formula is C25H22O3. The smallest absolute Gasteiger partial charge is 0.339 e. The molecule has 0 spiro atoms. The number of aromatic carboxylic acids is 1. The molecule has 3 rings (SSSR count). The van der Waals surface area contributed by atoms with Gasteiger partial charge < -0.3 is 9.84 Å². The van der Waals surface area contributed by atoms with Crippen molar-refractivity contribution in [2.24, 2.45) is 0 Å². The average molecular weight is 370 g/mol. The summed E-state index contributed by atoms with van der Waals surface area (Å²) in [6, 6.07) is 21.1. The summed E-state index contributed by atoms with van der Waals surface area (Å²) in [5.41, 5.74) is 5.12. The molecule has 0 aromatic heterocycles. The molecule has 3 aromatic carbocycles. The minimum absolute atomic E-state index is 0.169. The highest BCUT2D eigenvalue weighted by Gasteiger charge is 2.16. The van der Waals surface area contributed by atoms with Crippen LogP contribution in [0.5, 0.6) is 5.75 Å². The van der Waals surface area contributed by atoms with Crippen LogP contribution in [0, 0.1) is 0 Å². The van der Waals surface area contributed by atoms with Crippen LogP contribution in [0.1, 0.15) is 38.2 Å². The van der Waals surface area contributed by atoms with E-state index in [-0.39, 0.29) is 5.56 Å². The topological polar surface area (TPSA) is 46.5 Å². The highest BCUT2D eigenvalue weighted by molar-refractivity contribution is 5.91. The number of ether oxygens (including phenoxy) is 1. The minimum Gasteiger partial charge on any atom is -0.488 e. The van der Waals surface area contributed by atoms with Gasteiger partial charge in [0.2, 0.25) is 0 Å². The molecule has 0 amide bonds. The molecule has 0 saturated carbocycles. The van der Waals surface area contributed by atoms with Crippen molar-refractivity contribution in [1.82, 2.24) is 0 Å². The summed E-state index contributed by atoms with van der Waals surface area (Å²) in [6.07, 6.45) is 4.16. The van der Waals surface area contributed by atoms with E-state index < -0.39 is 5.97 Å². The molecule has 140 valence electrons. The predicted molar refractivity (Wildman–Crippen MR) is 114 cm³/mol.